The molecule has 5 nitrogen and oxygen atoms in total. The Balaban J connectivity index is 1.29. The molecule has 6 heteroatoms. The molecule has 0 unspecified atom stereocenters. The van der Waals surface area contributed by atoms with Gasteiger partial charge in [0.05, 0.1) is 17.4 Å². The van der Waals surface area contributed by atoms with Crippen LogP contribution < -0.4 is 0 Å². The largest absolute Gasteiger partial charge is 0.335 e. The van der Waals surface area contributed by atoms with Gasteiger partial charge in [0.15, 0.2) is 0 Å². The van der Waals surface area contributed by atoms with Crippen LogP contribution >= 0.6 is 0 Å². The first kappa shape index (κ1) is 26.7. The summed E-state index contributed by atoms with van der Waals surface area (Å²) >= 11 is 0. The van der Waals surface area contributed by atoms with E-state index in [1.165, 1.54) is 23.3 Å². The Labute approximate surface area is 240 Å². The second-order valence-electron chi connectivity index (χ2n) is 10.7. The Bertz CT molecular complexity index is 1600. The summed E-state index contributed by atoms with van der Waals surface area (Å²) < 4.78 is 15.4. The van der Waals surface area contributed by atoms with Gasteiger partial charge in [-0.1, -0.05) is 78.4 Å². The Morgan fingerprint density at radius 2 is 1.37 bits per heavy atom. The lowest BCUT2D eigenvalue weighted by Gasteiger charge is -2.39. The summed E-state index contributed by atoms with van der Waals surface area (Å²) in [7, 11) is 0. The maximum atomic E-state index is 14.1. The van der Waals surface area contributed by atoms with Crippen molar-refractivity contribution in [3.8, 4) is 16.9 Å². The quantitative estimate of drug-likeness (QED) is 0.235. The standard InChI is InChI=1S/C35H33FN4O/c1-25-13-18-32(26(2)23-25)40-33(24-31(37-40)27-14-16-30(36)17-15-27)35(41)39-21-19-38(20-22-39)34(28-9-5-3-6-10-28)29-11-7-4-8-12-29/h3-18,23-24,34H,19-22H2,1-2H3. The number of carbonyl (C=O) groups excluding carboxylic acids is 1. The van der Waals surface area contributed by atoms with Gasteiger partial charge in [0, 0.05) is 31.7 Å². The van der Waals surface area contributed by atoms with Crippen molar-refractivity contribution in [2.75, 3.05) is 26.2 Å². The van der Waals surface area contributed by atoms with Crippen molar-refractivity contribution in [1.29, 1.82) is 0 Å². The molecule has 0 N–H and O–H groups in total. The summed E-state index contributed by atoms with van der Waals surface area (Å²) in [6.45, 7) is 6.80. The number of benzene rings is 4. The second kappa shape index (κ2) is 11.5. The van der Waals surface area contributed by atoms with Gasteiger partial charge in [-0.05, 0) is 66.9 Å². The van der Waals surface area contributed by atoms with Gasteiger partial charge in [-0.25, -0.2) is 9.07 Å². The van der Waals surface area contributed by atoms with Crippen molar-refractivity contribution in [1.82, 2.24) is 19.6 Å². The van der Waals surface area contributed by atoms with E-state index < -0.39 is 0 Å². The average molecular weight is 545 g/mol. The molecule has 1 amide bonds. The van der Waals surface area contributed by atoms with E-state index in [1.54, 1.807) is 16.8 Å². The van der Waals surface area contributed by atoms with Crippen LogP contribution in [0.15, 0.2) is 109 Å². The molecule has 6 rings (SSSR count). The summed E-state index contributed by atoms with van der Waals surface area (Å²) in [5.41, 5.74) is 7.44. The van der Waals surface area contributed by atoms with Gasteiger partial charge in [0.1, 0.15) is 11.5 Å². The second-order valence-corrected chi connectivity index (χ2v) is 10.7. The van der Waals surface area contributed by atoms with Crippen LogP contribution in [0.25, 0.3) is 16.9 Å². The molecule has 1 aliphatic heterocycles. The molecule has 1 fully saturated rings. The third kappa shape index (κ3) is 5.56. The first-order chi connectivity index (χ1) is 20.0. The van der Waals surface area contributed by atoms with Crippen molar-refractivity contribution < 1.29 is 9.18 Å². The number of rotatable bonds is 6. The van der Waals surface area contributed by atoms with E-state index >= 15 is 0 Å². The molecule has 0 bridgehead atoms. The lowest BCUT2D eigenvalue weighted by molar-refractivity contribution is 0.0588. The highest BCUT2D eigenvalue weighted by Crippen LogP contribution is 2.30. The molecule has 0 aliphatic carbocycles. The Morgan fingerprint density at radius 1 is 0.756 bits per heavy atom. The molecule has 4 aromatic carbocycles. The third-order valence-corrected chi connectivity index (χ3v) is 7.85. The van der Waals surface area contributed by atoms with Gasteiger partial charge < -0.3 is 4.90 Å². The van der Waals surface area contributed by atoms with E-state index in [9.17, 15) is 9.18 Å². The number of carbonyl (C=O) groups is 1. The minimum Gasteiger partial charge on any atom is -0.335 e. The van der Waals surface area contributed by atoms with Gasteiger partial charge in [0.25, 0.3) is 5.91 Å². The SMILES string of the molecule is Cc1ccc(-n2nc(-c3ccc(F)cc3)cc2C(=O)N2CCN(C(c3ccccc3)c3ccccc3)CC2)c(C)c1. The van der Waals surface area contributed by atoms with Gasteiger partial charge in [-0.2, -0.15) is 5.10 Å². The lowest BCUT2D eigenvalue weighted by Crippen LogP contribution is -2.50. The number of amides is 1. The summed E-state index contributed by atoms with van der Waals surface area (Å²) in [6, 6.07) is 35.4. The highest BCUT2D eigenvalue weighted by molar-refractivity contribution is 5.94. The monoisotopic (exact) mass is 544 g/mol. The van der Waals surface area contributed by atoms with Crippen LogP contribution in [-0.2, 0) is 0 Å². The number of nitrogens with zero attached hydrogens (tertiary/aromatic N) is 4. The average Bonchev–Trinajstić information content (AvgIpc) is 3.44. The van der Waals surface area contributed by atoms with E-state index in [2.05, 4.69) is 59.5 Å². The van der Waals surface area contributed by atoms with E-state index in [4.69, 9.17) is 5.10 Å². The molecule has 0 radical (unpaired) electrons. The number of hydrogen-bond donors (Lipinski definition) is 0. The molecule has 1 aromatic heterocycles. The van der Waals surface area contributed by atoms with Crippen LogP contribution in [0.3, 0.4) is 0 Å². The fraction of sp³-hybridized carbons (Fsp3) is 0.200. The van der Waals surface area contributed by atoms with Crippen molar-refractivity contribution >= 4 is 5.91 Å². The maximum Gasteiger partial charge on any atom is 0.272 e. The van der Waals surface area contributed by atoms with Crippen molar-refractivity contribution in [2.45, 2.75) is 19.9 Å². The highest BCUT2D eigenvalue weighted by atomic mass is 19.1. The molecule has 206 valence electrons. The van der Waals surface area contributed by atoms with Gasteiger partial charge in [0.2, 0.25) is 0 Å². The van der Waals surface area contributed by atoms with Crippen molar-refractivity contribution in [2.24, 2.45) is 0 Å². The predicted molar refractivity (Wildman–Crippen MR) is 161 cm³/mol. The minimum absolute atomic E-state index is 0.0542. The maximum absolute atomic E-state index is 14.1. The Kier molecular flexibility index (Phi) is 7.49. The summed E-state index contributed by atoms with van der Waals surface area (Å²) in [5.74, 6) is -0.359. The summed E-state index contributed by atoms with van der Waals surface area (Å²) in [4.78, 5) is 18.5. The molecule has 41 heavy (non-hydrogen) atoms. The summed E-state index contributed by atoms with van der Waals surface area (Å²) in [5, 5.41) is 4.85. The normalized spacial score (nSPS) is 14.0. The molecule has 0 atom stereocenters. The zero-order chi connectivity index (χ0) is 28.3. The Hall–Kier alpha value is -4.55. The predicted octanol–water partition coefficient (Wildman–Crippen LogP) is 6.84. The van der Waals surface area contributed by atoms with Gasteiger partial charge in [-0.15, -0.1) is 0 Å². The third-order valence-electron chi connectivity index (χ3n) is 7.85. The number of aromatic nitrogens is 2. The van der Waals surface area contributed by atoms with Crippen LogP contribution in [0.5, 0.6) is 0 Å². The van der Waals surface area contributed by atoms with Crippen LogP contribution in [0.1, 0.15) is 38.8 Å². The molecular formula is C35H33FN4O. The van der Waals surface area contributed by atoms with Gasteiger partial charge >= 0.3 is 0 Å². The topological polar surface area (TPSA) is 41.4 Å². The molecule has 1 saturated heterocycles. The molecular weight excluding hydrogens is 511 g/mol. The molecule has 5 aromatic rings. The summed E-state index contributed by atoms with van der Waals surface area (Å²) in [6.07, 6.45) is 0. The fourth-order valence-corrected chi connectivity index (χ4v) is 5.75. The smallest absolute Gasteiger partial charge is 0.272 e. The fourth-order valence-electron chi connectivity index (χ4n) is 5.75. The number of piperazine rings is 1. The van der Waals surface area contributed by atoms with Gasteiger partial charge in [-0.3, -0.25) is 9.69 Å². The highest BCUT2D eigenvalue weighted by Gasteiger charge is 2.30. The minimum atomic E-state index is -0.305. The lowest BCUT2D eigenvalue weighted by atomic mass is 9.96. The first-order valence-electron chi connectivity index (χ1n) is 14.0. The Morgan fingerprint density at radius 3 is 1.95 bits per heavy atom. The van der Waals surface area contributed by atoms with Crippen LogP contribution in [0, 0.1) is 19.7 Å². The van der Waals surface area contributed by atoms with E-state index in [-0.39, 0.29) is 17.8 Å². The molecule has 2 heterocycles. The molecule has 0 spiro atoms. The molecule has 0 saturated carbocycles. The number of hydrogen-bond acceptors (Lipinski definition) is 3. The number of halogens is 1. The number of aryl methyl sites for hydroxylation is 2. The first-order valence-corrected chi connectivity index (χ1v) is 14.0. The van der Waals surface area contributed by atoms with E-state index in [0.717, 1.165) is 35.5 Å². The van der Waals surface area contributed by atoms with Crippen molar-refractivity contribution in [3.63, 3.8) is 0 Å². The van der Waals surface area contributed by atoms with Crippen molar-refractivity contribution in [3.05, 3.63) is 143 Å². The zero-order valence-corrected chi connectivity index (χ0v) is 23.4. The van der Waals surface area contributed by atoms with E-state index in [1.807, 2.05) is 49.1 Å². The zero-order valence-electron chi connectivity index (χ0n) is 23.4. The van der Waals surface area contributed by atoms with Crippen LogP contribution in [0.2, 0.25) is 0 Å². The van der Waals surface area contributed by atoms with E-state index in [0.29, 0.717) is 24.5 Å². The molecule has 1 aliphatic rings. The van der Waals surface area contributed by atoms with Crippen LogP contribution in [-0.4, -0.2) is 51.7 Å². The van der Waals surface area contributed by atoms with Crippen LogP contribution in [0.4, 0.5) is 4.39 Å².